The summed E-state index contributed by atoms with van der Waals surface area (Å²) in [6.45, 7) is 8.87. The SMILES string of the molecule is CC1(C)Nc2ccc(F)c(n2)[C@@]2(C)N=C(NC(=O)O1)C(C)(C)S1(=O)=NCCC21. The average molecular weight is 409 g/mol. The van der Waals surface area contributed by atoms with Crippen molar-refractivity contribution in [3.05, 3.63) is 23.6 Å². The van der Waals surface area contributed by atoms with E-state index in [0.29, 0.717) is 18.8 Å². The molecule has 1 amide bonds. The van der Waals surface area contributed by atoms with Gasteiger partial charge >= 0.3 is 6.09 Å². The van der Waals surface area contributed by atoms with Crippen LogP contribution in [0.5, 0.6) is 0 Å². The molecule has 0 aromatic carbocycles. The van der Waals surface area contributed by atoms with Crippen LogP contribution in [0.4, 0.5) is 15.0 Å². The fourth-order valence-electron chi connectivity index (χ4n) is 4.18. The number of pyridine rings is 1. The van der Waals surface area contributed by atoms with Crippen molar-refractivity contribution < 1.29 is 18.1 Å². The molecule has 3 aliphatic rings. The van der Waals surface area contributed by atoms with Crippen LogP contribution < -0.4 is 10.6 Å². The van der Waals surface area contributed by atoms with Crippen molar-refractivity contribution in [1.29, 1.82) is 0 Å². The van der Waals surface area contributed by atoms with Crippen LogP contribution in [0.2, 0.25) is 0 Å². The van der Waals surface area contributed by atoms with Crippen LogP contribution in [0.3, 0.4) is 0 Å². The summed E-state index contributed by atoms with van der Waals surface area (Å²) in [5.41, 5.74) is -2.28. The van der Waals surface area contributed by atoms with Crippen molar-refractivity contribution in [1.82, 2.24) is 10.3 Å². The van der Waals surface area contributed by atoms with E-state index in [1.54, 1.807) is 34.6 Å². The Bertz CT molecular complexity index is 1030. The molecule has 28 heavy (non-hydrogen) atoms. The molecule has 0 aliphatic carbocycles. The van der Waals surface area contributed by atoms with Gasteiger partial charge in [0, 0.05) is 6.54 Å². The van der Waals surface area contributed by atoms with Gasteiger partial charge in [0.05, 0.1) is 15.0 Å². The first-order valence-corrected chi connectivity index (χ1v) is 10.7. The number of carbonyl (C=O) groups is 1. The lowest BCUT2D eigenvalue weighted by Crippen LogP contribution is -2.60. The van der Waals surface area contributed by atoms with Gasteiger partial charge in [0.25, 0.3) is 0 Å². The minimum atomic E-state index is -2.87. The number of cyclic esters (lactones) is 1. The zero-order valence-corrected chi connectivity index (χ0v) is 17.3. The molecule has 10 heteroatoms. The van der Waals surface area contributed by atoms with Crippen LogP contribution in [-0.2, 0) is 20.0 Å². The number of carbonyl (C=O) groups excluding carboxylic acids is 1. The van der Waals surface area contributed by atoms with Crippen LogP contribution in [0.25, 0.3) is 0 Å². The number of halogens is 1. The van der Waals surface area contributed by atoms with E-state index >= 15 is 0 Å². The molecule has 8 nitrogen and oxygen atoms in total. The molecule has 2 N–H and O–H groups in total. The summed E-state index contributed by atoms with van der Waals surface area (Å²) in [7, 11) is -2.87. The van der Waals surface area contributed by atoms with Gasteiger partial charge in [-0.25, -0.2) is 22.7 Å². The van der Waals surface area contributed by atoms with Crippen molar-refractivity contribution in [3.63, 3.8) is 0 Å². The van der Waals surface area contributed by atoms with Crippen molar-refractivity contribution in [2.24, 2.45) is 9.36 Å². The van der Waals surface area contributed by atoms with E-state index in [9.17, 15) is 13.4 Å². The first-order valence-electron chi connectivity index (χ1n) is 9.16. The lowest BCUT2D eigenvalue weighted by Gasteiger charge is -2.44. The summed E-state index contributed by atoms with van der Waals surface area (Å²) in [5, 5.41) is 5.11. The van der Waals surface area contributed by atoms with Crippen LogP contribution >= 0.6 is 0 Å². The van der Waals surface area contributed by atoms with Crippen molar-refractivity contribution in [3.8, 4) is 0 Å². The first-order chi connectivity index (χ1) is 12.9. The largest absolute Gasteiger partial charge is 0.423 e. The predicted octanol–water partition coefficient (Wildman–Crippen LogP) is 2.75. The number of nitrogens with zero attached hydrogens (tertiary/aromatic N) is 3. The van der Waals surface area contributed by atoms with E-state index < -0.39 is 42.9 Å². The second kappa shape index (κ2) is 5.65. The Morgan fingerprint density at radius 3 is 2.68 bits per heavy atom. The summed E-state index contributed by atoms with van der Waals surface area (Å²) >= 11 is 0. The van der Waals surface area contributed by atoms with Crippen LogP contribution in [0.15, 0.2) is 21.5 Å². The molecule has 0 radical (unpaired) electrons. The highest BCUT2D eigenvalue weighted by Crippen LogP contribution is 2.47. The van der Waals surface area contributed by atoms with E-state index in [-0.39, 0.29) is 11.5 Å². The maximum Gasteiger partial charge on any atom is 0.414 e. The molecule has 1 aromatic rings. The number of aromatic nitrogens is 1. The molecule has 0 saturated heterocycles. The Hall–Kier alpha value is -2.23. The smallest absolute Gasteiger partial charge is 0.414 e. The van der Waals surface area contributed by atoms with Crippen molar-refractivity contribution >= 4 is 27.5 Å². The summed E-state index contributed by atoms with van der Waals surface area (Å²) < 4.78 is 37.8. The average Bonchev–Trinajstić information content (AvgIpc) is 2.98. The van der Waals surface area contributed by atoms with E-state index in [2.05, 4.69) is 20.0 Å². The van der Waals surface area contributed by atoms with E-state index in [1.165, 1.54) is 12.1 Å². The molecule has 0 spiro atoms. The third-order valence-electron chi connectivity index (χ3n) is 5.66. The lowest BCUT2D eigenvalue weighted by molar-refractivity contribution is 0.0623. The molecule has 0 saturated carbocycles. The molecule has 152 valence electrons. The minimum absolute atomic E-state index is 0.0762. The van der Waals surface area contributed by atoms with E-state index in [4.69, 9.17) is 9.73 Å². The highest BCUT2D eigenvalue weighted by molar-refractivity contribution is 7.96. The van der Waals surface area contributed by atoms with Crippen LogP contribution in [0, 0.1) is 5.82 Å². The number of anilines is 1. The number of hydrogen-bond donors (Lipinski definition) is 2. The third kappa shape index (κ3) is 2.53. The number of ether oxygens (including phenoxy) is 1. The molecule has 4 heterocycles. The van der Waals surface area contributed by atoms with Crippen molar-refractivity contribution in [2.45, 2.75) is 62.3 Å². The number of alkyl carbamates (subject to hydrolysis) is 1. The monoisotopic (exact) mass is 409 g/mol. The van der Waals surface area contributed by atoms with Gasteiger partial charge in [-0.15, -0.1) is 0 Å². The molecule has 2 unspecified atom stereocenters. The second-order valence-electron chi connectivity index (χ2n) is 8.49. The second-order valence-corrected chi connectivity index (χ2v) is 11.5. The van der Waals surface area contributed by atoms with Crippen molar-refractivity contribution in [2.75, 3.05) is 11.9 Å². The molecule has 1 aromatic heterocycles. The highest BCUT2D eigenvalue weighted by Gasteiger charge is 2.58. The van der Waals surface area contributed by atoms with E-state index in [0.717, 1.165) is 0 Å². The van der Waals surface area contributed by atoms with Gasteiger partial charge in [-0.05, 0) is 53.2 Å². The molecule has 4 rings (SSSR count). The molecule has 0 fully saturated rings. The summed E-state index contributed by atoms with van der Waals surface area (Å²) in [6, 6.07) is 2.76. The van der Waals surface area contributed by atoms with Gasteiger partial charge in [-0.2, -0.15) is 0 Å². The normalized spacial score (nSPS) is 35.1. The molecule has 3 aliphatic heterocycles. The first kappa shape index (κ1) is 19.1. The molecule has 3 atom stereocenters. The summed E-state index contributed by atoms with van der Waals surface area (Å²) in [4.78, 5) is 21.7. The fourth-order valence-corrected chi connectivity index (χ4v) is 7.36. The number of amides is 1. The molecular formula is C18H24FN5O3S. The van der Waals surface area contributed by atoms with Gasteiger partial charge < -0.3 is 10.1 Å². The third-order valence-corrected chi connectivity index (χ3v) is 9.34. The topological polar surface area (TPSA) is 105 Å². The Balaban J connectivity index is 2.04. The number of aliphatic imine (C=N–C) groups is 1. The van der Waals surface area contributed by atoms with Gasteiger partial charge in [0.1, 0.15) is 33.5 Å². The zero-order chi connectivity index (χ0) is 20.5. The van der Waals surface area contributed by atoms with Gasteiger partial charge in [-0.1, -0.05) is 0 Å². The summed E-state index contributed by atoms with van der Waals surface area (Å²) in [5.74, 6) is -0.0506. The minimum Gasteiger partial charge on any atom is -0.423 e. The maximum absolute atomic E-state index is 14.9. The fraction of sp³-hybridized carbons (Fsp3) is 0.611. The van der Waals surface area contributed by atoms with Gasteiger partial charge in [0.15, 0.2) is 5.72 Å². The number of nitrogens with one attached hydrogen (secondary N) is 2. The summed E-state index contributed by atoms with van der Waals surface area (Å²) in [6.07, 6.45) is -0.244. The standard InChI is InChI=1S/C18H24FN5O3S/c1-16(2)14-22-15(25)27-17(3,4)23-12-7-6-10(19)13(21-12)18(5,24-14)11-8-9-20-28(11,16)26/h6-7,11H,8-9H2,1-5H3,(H,21,23)(H,22,24,25)/t11?,18-,28?/m0/s1. The Morgan fingerprint density at radius 1 is 1.25 bits per heavy atom. The Labute approximate surface area is 163 Å². The molecule has 4 bridgehead atoms. The van der Waals surface area contributed by atoms with Gasteiger partial charge in [0.2, 0.25) is 0 Å². The number of rotatable bonds is 0. The van der Waals surface area contributed by atoms with E-state index in [1.807, 2.05) is 0 Å². The lowest BCUT2D eigenvalue weighted by atomic mass is 9.89. The quantitative estimate of drug-likeness (QED) is 0.685. The Morgan fingerprint density at radius 2 is 1.96 bits per heavy atom. The van der Waals surface area contributed by atoms with Gasteiger partial charge in [-0.3, -0.25) is 10.3 Å². The highest BCUT2D eigenvalue weighted by atomic mass is 32.2. The Kier molecular flexibility index (Phi) is 3.85. The molecular weight excluding hydrogens is 385 g/mol. The number of fused-ring (bicyclic) bond motifs is 6. The predicted molar refractivity (Wildman–Crippen MR) is 104 cm³/mol. The van der Waals surface area contributed by atoms with Crippen LogP contribution in [-0.4, -0.2) is 43.4 Å². The number of hydrogen-bond acceptors (Lipinski definition) is 7. The number of amidine groups is 1. The maximum atomic E-state index is 14.9. The zero-order valence-electron chi connectivity index (χ0n) is 16.5. The van der Waals surface area contributed by atoms with Crippen LogP contribution in [0.1, 0.15) is 46.7 Å².